The summed E-state index contributed by atoms with van der Waals surface area (Å²) in [6, 6.07) is 15.5. The maximum absolute atomic E-state index is 12.6. The SMILES string of the molecule is CCc1ccccc1O[C@H](C)C(=O)N[C@H](CC)c1ccc(OC)cc1. The van der Waals surface area contributed by atoms with Crippen LogP contribution in [-0.2, 0) is 11.2 Å². The molecule has 0 aliphatic heterocycles. The third-order valence-electron chi connectivity index (χ3n) is 4.27. The van der Waals surface area contributed by atoms with Gasteiger partial charge in [0.25, 0.3) is 5.91 Å². The molecular weight excluding hydrogens is 314 g/mol. The first-order valence-electron chi connectivity index (χ1n) is 8.77. The molecule has 4 nitrogen and oxygen atoms in total. The lowest BCUT2D eigenvalue weighted by Crippen LogP contribution is -2.38. The Bertz CT molecular complexity index is 682. The highest BCUT2D eigenvalue weighted by atomic mass is 16.5. The molecule has 134 valence electrons. The number of hydrogen-bond acceptors (Lipinski definition) is 3. The average Bonchev–Trinajstić information content (AvgIpc) is 2.66. The molecule has 2 rings (SSSR count). The molecule has 2 aromatic rings. The van der Waals surface area contributed by atoms with Gasteiger partial charge in [0.15, 0.2) is 6.10 Å². The minimum absolute atomic E-state index is 0.0501. The Hall–Kier alpha value is -2.49. The minimum Gasteiger partial charge on any atom is -0.497 e. The topological polar surface area (TPSA) is 47.6 Å². The fourth-order valence-electron chi connectivity index (χ4n) is 2.70. The van der Waals surface area contributed by atoms with Crippen LogP contribution in [0.25, 0.3) is 0 Å². The van der Waals surface area contributed by atoms with Crippen molar-refractivity contribution in [1.29, 1.82) is 0 Å². The van der Waals surface area contributed by atoms with Crippen LogP contribution in [0.1, 0.15) is 44.4 Å². The summed E-state index contributed by atoms with van der Waals surface area (Å²) in [6.07, 6.45) is 1.12. The third-order valence-corrected chi connectivity index (χ3v) is 4.27. The lowest BCUT2D eigenvalue weighted by Gasteiger charge is -2.22. The molecular formula is C21H27NO3. The number of aryl methyl sites for hydroxylation is 1. The van der Waals surface area contributed by atoms with Gasteiger partial charge in [-0.15, -0.1) is 0 Å². The Labute approximate surface area is 150 Å². The van der Waals surface area contributed by atoms with Crippen molar-refractivity contribution in [2.45, 2.75) is 45.8 Å². The summed E-state index contributed by atoms with van der Waals surface area (Å²) in [7, 11) is 1.64. The highest BCUT2D eigenvalue weighted by Gasteiger charge is 2.20. The van der Waals surface area contributed by atoms with Crippen LogP contribution < -0.4 is 14.8 Å². The zero-order valence-electron chi connectivity index (χ0n) is 15.4. The lowest BCUT2D eigenvalue weighted by atomic mass is 10.0. The largest absolute Gasteiger partial charge is 0.497 e. The van der Waals surface area contributed by atoms with E-state index in [1.54, 1.807) is 14.0 Å². The molecule has 0 saturated carbocycles. The normalized spacial score (nSPS) is 13.0. The molecule has 4 heteroatoms. The van der Waals surface area contributed by atoms with Gasteiger partial charge in [-0.2, -0.15) is 0 Å². The summed E-state index contributed by atoms with van der Waals surface area (Å²) in [5, 5.41) is 3.07. The molecule has 1 N–H and O–H groups in total. The molecule has 0 heterocycles. The molecule has 0 unspecified atom stereocenters. The first kappa shape index (κ1) is 18.8. The Balaban J connectivity index is 2.02. The standard InChI is InChI=1S/C21H27NO3/c1-5-16-9-7-8-10-20(16)25-15(3)21(23)22-19(6-2)17-11-13-18(24-4)14-12-17/h7-15,19H,5-6H2,1-4H3,(H,22,23)/t15-,19-/m1/s1. The summed E-state index contributed by atoms with van der Waals surface area (Å²) in [5.41, 5.74) is 2.15. The number of hydrogen-bond donors (Lipinski definition) is 1. The third kappa shape index (κ3) is 4.99. The fraction of sp³-hybridized carbons (Fsp3) is 0.381. The number of amides is 1. The van der Waals surface area contributed by atoms with E-state index < -0.39 is 6.10 Å². The van der Waals surface area contributed by atoms with E-state index in [1.165, 1.54) is 0 Å². The Morgan fingerprint density at radius 1 is 1.08 bits per heavy atom. The predicted molar refractivity (Wildman–Crippen MR) is 100 cm³/mol. The van der Waals surface area contributed by atoms with Crippen LogP contribution in [-0.4, -0.2) is 19.1 Å². The van der Waals surface area contributed by atoms with Gasteiger partial charge in [0, 0.05) is 0 Å². The van der Waals surface area contributed by atoms with Gasteiger partial charge >= 0.3 is 0 Å². The molecule has 2 aromatic carbocycles. The zero-order valence-corrected chi connectivity index (χ0v) is 15.4. The van der Waals surface area contributed by atoms with Crippen molar-refractivity contribution in [3.8, 4) is 11.5 Å². The molecule has 2 atom stereocenters. The number of nitrogens with one attached hydrogen (secondary N) is 1. The van der Waals surface area contributed by atoms with Crippen molar-refractivity contribution in [2.24, 2.45) is 0 Å². The summed E-state index contributed by atoms with van der Waals surface area (Å²) in [4.78, 5) is 12.6. The number of ether oxygens (including phenoxy) is 2. The van der Waals surface area contributed by atoms with Crippen LogP contribution in [0.4, 0.5) is 0 Å². The second-order valence-corrected chi connectivity index (χ2v) is 5.96. The van der Waals surface area contributed by atoms with Gasteiger partial charge in [0.1, 0.15) is 11.5 Å². The first-order chi connectivity index (χ1) is 12.1. The van der Waals surface area contributed by atoms with Gasteiger partial charge in [-0.05, 0) is 49.1 Å². The molecule has 0 aliphatic rings. The Morgan fingerprint density at radius 2 is 1.76 bits per heavy atom. The molecule has 0 aliphatic carbocycles. The fourth-order valence-corrected chi connectivity index (χ4v) is 2.70. The zero-order chi connectivity index (χ0) is 18.2. The highest BCUT2D eigenvalue weighted by molar-refractivity contribution is 5.81. The van der Waals surface area contributed by atoms with Gasteiger partial charge < -0.3 is 14.8 Å². The monoisotopic (exact) mass is 341 g/mol. The van der Waals surface area contributed by atoms with Crippen LogP contribution in [0.3, 0.4) is 0 Å². The van der Waals surface area contributed by atoms with Crippen LogP contribution >= 0.6 is 0 Å². The van der Waals surface area contributed by atoms with E-state index in [0.29, 0.717) is 0 Å². The van der Waals surface area contributed by atoms with Crippen molar-refractivity contribution >= 4 is 5.91 Å². The van der Waals surface area contributed by atoms with E-state index in [0.717, 1.165) is 35.5 Å². The highest BCUT2D eigenvalue weighted by Crippen LogP contribution is 2.22. The van der Waals surface area contributed by atoms with E-state index in [1.807, 2.05) is 55.5 Å². The van der Waals surface area contributed by atoms with Crippen LogP contribution in [0.15, 0.2) is 48.5 Å². The first-order valence-corrected chi connectivity index (χ1v) is 8.77. The van der Waals surface area contributed by atoms with Crippen molar-refractivity contribution in [2.75, 3.05) is 7.11 Å². The predicted octanol–water partition coefficient (Wildman–Crippen LogP) is 4.29. The van der Waals surface area contributed by atoms with Gasteiger partial charge in [-0.25, -0.2) is 0 Å². The minimum atomic E-state index is -0.556. The summed E-state index contributed by atoms with van der Waals surface area (Å²) in [5.74, 6) is 1.46. The second kappa shape index (κ2) is 9.11. The summed E-state index contributed by atoms with van der Waals surface area (Å²) >= 11 is 0. The van der Waals surface area contributed by atoms with Crippen molar-refractivity contribution in [1.82, 2.24) is 5.32 Å². The maximum Gasteiger partial charge on any atom is 0.261 e. The average molecular weight is 341 g/mol. The van der Waals surface area contributed by atoms with Gasteiger partial charge in [-0.3, -0.25) is 4.79 Å². The van der Waals surface area contributed by atoms with E-state index in [9.17, 15) is 4.79 Å². The number of carbonyl (C=O) groups is 1. The maximum atomic E-state index is 12.6. The van der Waals surface area contributed by atoms with Crippen molar-refractivity contribution in [3.05, 3.63) is 59.7 Å². The van der Waals surface area contributed by atoms with Gasteiger partial charge in [0.2, 0.25) is 0 Å². The lowest BCUT2D eigenvalue weighted by molar-refractivity contribution is -0.128. The molecule has 25 heavy (non-hydrogen) atoms. The number of para-hydroxylation sites is 1. The van der Waals surface area contributed by atoms with Crippen LogP contribution in [0, 0.1) is 0 Å². The van der Waals surface area contributed by atoms with E-state index >= 15 is 0 Å². The van der Waals surface area contributed by atoms with Crippen molar-refractivity contribution < 1.29 is 14.3 Å². The second-order valence-electron chi connectivity index (χ2n) is 5.96. The smallest absolute Gasteiger partial charge is 0.261 e. The van der Waals surface area contributed by atoms with E-state index in [-0.39, 0.29) is 11.9 Å². The Morgan fingerprint density at radius 3 is 2.36 bits per heavy atom. The summed E-state index contributed by atoms with van der Waals surface area (Å²) in [6.45, 7) is 5.90. The quantitative estimate of drug-likeness (QED) is 0.779. The molecule has 1 amide bonds. The molecule has 0 radical (unpaired) electrons. The van der Waals surface area contributed by atoms with Gasteiger partial charge in [0.05, 0.1) is 13.2 Å². The number of benzene rings is 2. The molecule has 0 spiro atoms. The van der Waals surface area contributed by atoms with Crippen LogP contribution in [0.5, 0.6) is 11.5 Å². The molecule has 0 saturated heterocycles. The Kier molecular flexibility index (Phi) is 6.87. The number of methoxy groups -OCH3 is 1. The van der Waals surface area contributed by atoms with Crippen LogP contribution in [0.2, 0.25) is 0 Å². The molecule has 0 fully saturated rings. The molecule has 0 aromatic heterocycles. The van der Waals surface area contributed by atoms with E-state index in [2.05, 4.69) is 12.2 Å². The molecule has 0 bridgehead atoms. The number of carbonyl (C=O) groups excluding carboxylic acids is 1. The van der Waals surface area contributed by atoms with Crippen molar-refractivity contribution in [3.63, 3.8) is 0 Å². The summed E-state index contributed by atoms with van der Waals surface area (Å²) < 4.78 is 11.1. The van der Waals surface area contributed by atoms with Gasteiger partial charge in [-0.1, -0.05) is 44.2 Å². The number of rotatable bonds is 8. The van der Waals surface area contributed by atoms with E-state index in [4.69, 9.17) is 9.47 Å².